The largest absolute Gasteiger partial charge is 2.00 e. The van der Waals surface area contributed by atoms with Crippen LogP contribution in [0.3, 0.4) is 0 Å². The summed E-state index contributed by atoms with van der Waals surface area (Å²) in [7, 11) is 0. The predicted molar refractivity (Wildman–Crippen MR) is 284 cm³/mol. The molecular weight excluding hydrogens is 1020 g/mol. The second-order valence-corrected chi connectivity index (χ2v) is 21.9. The van der Waals surface area contributed by atoms with Gasteiger partial charge in [0, 0.05) is 46.8 Å². The van der Waals surface area contributed by atoms with Gasteiger partial charge >= 0.3 is 32.8 Å². The Hall–Kier alpha value is -6.64. The van der Waals surface area contributed by atoms with Crippen LogP contribution in [-0.4, -0.2) is 15.6 Å². The summed E-state index contributed by atoms with van der Waals surface area (Å²) in [5.74, 6) is 1.99. The van der Waals surface area contributed by atoms with Gasteiger partial charge in [0.15, 0.2) is 0 Å². The van der Waals surface area contributed by atoms with E-state index in [-0.39, 0.29) is 42.7 Å². The number of ether oxygens (including phenoxy) is 1. The van der Waals surface area contributed by atoms with Crippen LogP contribution in [0.1, 0.15) is 104 Å². The zero-order valence-electron chi connectivity index (χ0n) is 41.6. The standard InChI is InChI=1S/C63H60N4O.Pt/c1-60(2,3)44-23-17-20-42(34-44)52-27-19-29-56-59(52)66(49-36-46(61(4,5)6)35-47(37-49)62(7,8)9)41-65(56)48-24-18-25-50(39-48)68-51-30-31-54-53-26-15-16-28-55(53)67(57(54)40-51)58-38-45(32-33-64-58)63(10,11)43-21-13-12-14-22-43;/h12-38H,1-11H3;/q;+2. The van der Waals surface area contributed by atoms with E-state index in [1.165, 1.54) is 27.8 Å². The fourth-order valence-corrected chi connectivity index (χ4v) is 9.38. The second kappa shape index (κ2) is 17.7. The molecule has 346 valence electrons. The number of rotatable bonds is 8. The fourth-order valence-electron chi connectivity index (χ4n) is 9.38. The Kier molecular flexibility index (Phi) is 12.2. The Morgan fingerprint density at radius 1 is 0.522 bits per heavy atom. The Morgan fingerprint density at radius 2 is 1.17 bits per heavy atom. The smallest absolute Gasteiger partial charge is 0.509 e. The number of para-hydroxylation sites is 2. The van der Waals surface area contributed by atoms with E-state index in [9.17, 15) is 0 Å². The molecule has 0 fully saturated rings. The van der Waals surface area contributed by atoms with Crippen molar-refractivity contribution in [1.82, 2.24) is 18.7 Å². The van der Waals surface area contributed by atoms with E-state index in [0.29, 0.717) is 11.5 Å². The van der Waals surface area contributed by atoms with E-state index >= 15 is 0 Å². The van der Waals surface area contributed by atoms with Gasteiger partial charge in [-0.25, -0.2) is 4.98 Å². The van der Waals surface area contributed by atoms with Crippen LogP contribution in [0.5, 0.6) is 11.5 Å². The summed E-state index contributed by atoms with van der Waals surface area (Å²) in [4.78, 5) is 4.96. The minimum Gasteiger partial charge on any atom is -0.509 e. The van der Waals surface area contributed by atoms with Crippen LogP contribution in [0.25, 0.3) is 38.8 Å². The van der Waals surface area contributed by atoms with Gasteiger partial charge in [0.25, 0.3) is 5.69 Å². The molecule has 3 heterocycles. The average Bonchev–Trinajstić information content (AvgIpc) is 3.87. The number of hydrogen-bond donors (Lipinski definition) is 0. The molecule has 0 saturated carbocycles. The quantitative estimate of drug-likeness (QED) is 0.112. The monoisotopic (exact) mass is 1080 g/mol. The van der Waals surface area contributed by atoms with Crippen LogP contribution < -0.4 is 13.9 Å². The van der Waals surface area contributed by atoms with Crippen molar-refractivity contribution in [3.63, 3.8) is 0 Å². The molecule has 5 nitrogen and oxygen atoms in total. The van der Waals surface area contributed by atoms with Crippen LogP contribution in [0, 0.1) is 12.1 Å². The molecule has 10 rings (SSSR count). The Bertz CT molecular complexity index is 3460. The van der Waals surface area contributed by atoms with Crippen LogP contribution in [0.2, 0.25) is 0 Å². The first-order valence-corrected chi connectivity index (χ1v) is 23.8. The van der Waals surface area contributed by atoms with Crippen molar-refractivity contribution in [2.24, 2.45) is 0 Å². The normalized spacial score (nSPS) is 13.0. The molecule has 0 bridgehead atoms. The third kappa shape index (κ3) is 8.96. The zero-order valence-corrected chi connectivity index (χ0v) is 43.9. The molecular formula is C63H60N4OPt+2. The van der Waals surface area contributed by atoms with Gasteiger partial charge in [0.05, 0.1) is 5.56 Å². The molecule has 6 heteroatoms. The molecule has 0 spiro atoms. The SMILES string of the molecule is CC(C)(C)c1cccc(-c2cccc3c2[N+](c2cc(C(C)(C)C)cc(C(C)(C)C)c2)=C=[N+]3c2[c-]c(Oc3[c-]c4c(cc3)c3ccccc3n4-c3cc(C(C)(C)c4ccccc4)ccn3)ccc2)c1.[Pt+2]. The summed E-state index contributed by atoms with van der Waals surface area (Å²) in [6, 6.07) is 67.4. The van der Waals surface area contributed by atoms with Gasteiger partial charge in [0.2, 0.25) is 5.69 Å². The molecule has 1 aliphatic heterocycles. The minimum absolute atomic E-state index is 0. The summed E-state index contributed by atoms with van der Waals surface area (Å²) in [6.45, 7) is 25.1. The van der Waals surface area contributed by atoms with E-state index in [0.717, 1.165) is 61.5 Å². The summed E-state index contributed by atoms with van der Waals surface area (Å²) in [5, 5.41) is 2.20. The van der Waals surface area contributed by atoms with Crippen molar-refractivity contribution >= 4 is 50.6 Å². The Balaban J connectivity index is 0.00000593. The third-order valence-corrected chi connectivity index (χ3v) is 13.6. The second-order valence-electron chi connectivity index (χ2n) is 21.9. The maximum atomic E-state index is 6.74. The van der Waals surface area contributed by atoms with Crippen molar-refractivity contribution in [2.45, 2.75) is 97.8 Å². The molecule has 0 N–H and O–H groups in total. The van der Waals surface area contributed by atoms with Crippen molar-refractivity contribution < 1.29 is 25.8 Å². The Labute approximate surface area is 422 Å². The Morgan fingerprint density at radius 3 is 1.90 bits per heavy atom. The summed E-state index contributed by atoms with van der Waals surface area (Å²) in [6.07, 6.45) is 1.92. The number of pyridine rings is 1. The maximum absolute atomic E-state index is 6.74. The molecule has 0 unspecified atom stereocenters. The van der Waals surface area contributed by atoms with Gasteiger partial charge in [-0.05, 0) is 83.9 Å². The molecule has 0 radical (unpaired) electrons. The molecule has 1 aliphatic rings. The number of hydrogen-bond acceptors (Lipinski definition) is 2. The summed E-state index contributed by atoms with van der Waals surface area (Å²) < 4.78 is 13.3. The molecule has 0 atom stereocenters. The molecule has 9 aromatic rings. The van der Waals surface area contributed by atoms with Crippen molar-refractivity contribution in [3.05, 3.63) is 204 Å². The van der Waals surface area contributed by atoms with Crippen molar-refractivity contribution in [3.8, 4) is 28.4 Å². The molecule has 0 saturated heterocycles. The first-order chi connectivity index (χ1) is 32.3. The van der Waals surface area contributed by atoms with Crippen LogP contribution in [0.4, 0.5) is 22.7 Å². The van der Waals surface area contributed by atoms with E-state index in [2.05, 4.69) is 248 Å². The minimum atomic E-state index is -0.233. The average molecular weight is 1080 g/mol. The van der Waals surface area contributed by atoms with Crippen LogP contribution in [0.15, 0.2) is 164 Å². The van der Waals surface area contributed by atoms with Crippen LogP contribution >= 0.6 is 0 Å². The van der Waals surface area contributed by atoms with Gasteiger partial charge in [0.1, 0.15) is 11.5 Å². The predicted octanol–water partition coefficient (Wildman–Crippen LogP) is 16.3. The van der Waals surface area contributed by atoms with Gasteiger partial charge < -0.3 is 9.30 Å². The van der Waals surface area contributed by atoms with E-state index in [1.807, 2.05) is 24.4 Å². The van der Waals surface area contributed by atoms with Gasteiger partial charge in [-0.15, -0.1) is 23.6 Å². The third-order valence-electron chi connectivity index (χ3n) is 13.6. The molecule has 69 heavy (non-hydrogen) atoms. The van der Waals surface area contributed by atoms with E-state index < -0.39 is 0 Å². The summed E-state index contributed by atoms with van der Waals surface area (Å²) in [5.41, 5.74) is 14.1. The number of nitrogens with zero attached hydrogens (tertiary/aromatic N) is 4. The van der Waals surface area contributed by atoms with Gasteiger partial charge in [-0.1, -0.05) is 183 Å². The molecule has 7 aromatic carbocycles. The van der Waals surface area contributed by atoms with E-state index in [4.69, 9.17) is 9.72 Å². The number of fused-ring (bicyclic) bond motifs is 4. The van der Waals surface area contributed by atoms with Crippen molar-refractivity contribution in [1.29, 1.82) is 0 Å². The first-order valence-electron chi connectivity index (χ1n) is 23.8. The molecule has 0 aliphatic carbocycles. The first kappa shape index (κ1) is 47.4. The van der Waals surface area contributed by atoms with Crippen molar-refractivity contribution in [2.75, 3.05) is 0 Å². The topological polar surface area (TPSA) is 33.1 Å². The number of aromatic nitrogens is 2. The fraction of sp³-hybridized carbons (Fsp3) is 0.238. The van der Waals surface area contributed by atoms with E-state index in [1.54, 1.807) is 0 Å². The summed E-state index contributed by atoms with van der Waals surface area (Å²) >= 11 is 0. The zero-order chi connectivity index (χ0) is 47.8. The van der Waals surface area contributed by atoms with Gasteiger partial charge in [-0.3, -0.25) is 0 Å². The maximum Gasteiger partial charge on any atom is 2.00 e. The van der Waals surface area contributed by atoms with Crippen LogP contribution in [-0.2, 0) is 42.7 Å². The van der Waals surface area contributed by atoms with Gasteiger partial charge in [-0.2, -0.15) is 12.1 Å². The molecule has 2 aromatic heterocycles. The number of benzene rings is 7. The molecule has 0 amide bonds.